The van der Waals surface area contributed by atoms with E-state index in [9.17, 15) is 27.3 Å². The second kappa shape index (κ2) is 10.1. The number of anilines is 1. The van der Waals surface area contributed by atoms with E-state index in [4.69, 9.17) is 4.74 Å². The number of ether oxygens (including phenoxy) is 1. The van der Waals surface area contributed by atoms with Gasteiger partial charge in [0.25, 0.3) is 5.56 Å². The Balaban J connectivity index is 1.51. The highest BCUT2D eigenvalue weighted by Crippen LogP contribution is 2.34. The van der Waals surface area contributed by atoms with Crippen LogP contribution in [0.3, 0.4) is 0 Å². The van der Waals surface area contributed by atoms with Crippen LogP contribution in [0, 0.1) is 17.1 Å². The quantitative estimate of drug-likeness (QED) is 0.344. The average Bonchev–Trinajstić information content (AvgIpc) is 3.34. The van der Waals surface area contributed by atoms with Crippen molar-refractivity contribution in [3.8, 4) is 23.3 Å². The van der Waals surface area contributed by atoms with E-state index in [1.54, 1.807) is 30.3 Å². The van der Waals surface area contributed by atoms with Crippen LogP contribution in [-0.4, -0.2) is 41.5 Å². The molecule has 1 unspecified atom stereocenters. The molecule has 4 aromatic rings. The second-order valence-corrected chi connectivity index (χ2v) is 11.0. The van der Waals surface area contributed by atoms with Crippen LogP contribution >= 0.6 is 15.9 Å². The van der Waals surface area contributed by atoms with Gasteiger partial charge in [-0.2, -0.15) is 18.0 Å². The number of halogens is 3. The van der Waals surface area contributed by atoms with Crippen LogP contribution in [0.1, 0.15) is 12.0 Å². The minimum absolute atomic E-state index is 0.0220. The Morgan fingerprint density at radius 1 is 1.16 bits per heavy atom. The zero-order chi connectivity index (χ0) is 27.0. The van der Waals surface area contributed by atoms with Crippen molar-refractivity contribution in [2.75, 3.05) is 17.8 Å². The fourth-order valence-corrected chi connectivity index (χ4v) is 5.58. The molecule has 0 saturated carbocycles. The third-order valence-corrected chi connectivity index (χ3v) is 7.97. The van der Waals surface area contributed by atoms with Crippen LogP contribution in [0.4, 0.5) is 14.5 Å². The Labute approximate surface area is 224 Å². The number of nitriles is 1. The molecule has 1 aromatic heterocycles. The maximum Gasteiger partial charge on any atom is 0.301 e. The fraction of sp³-hybridized carbons (Fsp3) is 0.160. The monoisotopic (exact) mass is 601 g/mol. The number of rotatable bonds is 6. The van der Waals surface area contributed by atoms with Crippen molar-refractivity contribution < 1.29 is 21.9 Å². The van der Waals surface area contributed by atoms with E-state index in [-0.39, 0.29) is 36.3 Å². The van der Waals surface area contributed by atoms with Gasteiger partial charge in [0.2, 0.25) is 0 Å². The predicted octanol–water partition coefficient (Wildman–Crippen LogP) is 4.65. The molecule has 5 rings (SSSR count). The van der Waals surface area contributed by atoms with Crippen LogP contribution < -0.4 is 15.0 Å². The lowest BCUT2D eigenvalue weighted by atomic mass is 10.1. The maximum atomic E-state index is 14.8. The first-order valence-corrected chi connectivity index (χ1v) is 13.5. The molecule has 3 aromatic carbocycles. The van der Waals surface area contributed by atoms with E-state index >= 15 is 0 Å². The van der Waals surface area contributed by atoms with E-state index in [0.29, 0.717) is 11.2 Å². The lowest BCUT2D eigenvalue weighted by molar-refractivity contribution is 0.343. The zero-order valence-corrected chi connectivity index (χ0v) is 21.8. The molecule has 0 radical (unpaired) electrons. The first kappa shape index (κ1) is 25.8. The van der Waals surface area contributed by atoms with Gasteiger partial charge in [0.1, 0.15) is 29.9 Å². The van der Waals surface area contributed by atoms with Crippen molar-refractivity contribution in [3.05, 3.63) is 87.1 Å². The summed E-state index contributed by atoms with van der Waals surface area (Å²) in [6, 6.07) is 15.1. The van der Waals surface area contributed by atoms with Gasteiger partial charge in [-0.15, -0.1) is 0 Å². The van der Waals surface area contributed by atoms with Gasteiger partial charge in [0, 0.05) is 17.6 Å². The number of aromatic nitrogens is 2. The lowest BCUT2D eigenvalue weighted by Crippen LogP contribution is -2.34. The summed E-state index contributed by atoms with van der Waals surface area (Å²) in [6.45, 7) is -0.337. The summed E-state index contributed by atoms with van der Waals surface area (Å²) in [5.74, 6) is -1.43. The molecular weight excluding hydrogens is 584 g/mol. The third-order valence-electron chi connectivity index (χ3n) is 5.95. The highest BCUT2D eigenvalue weighted by atomic mass is 79.9. The van der Waals surface area contributed by atoms with E-state index in [2.05, 4.69) is 25.6 Å². The first-order chi connectivity index (χ1) is 18.2. The first-order valence-electron chi connectivity index (χ1n) is 11.3. The van der Waals surface area contributed by atoms with Gasteiger partial charge in [-0.3, -0.25) is 14.1 Å². The predicted molar refractivity (Wildman–Crippen MR) is 140 cm³/mol. The number of hydrogen-bond donors (Lipinski definition) is 1. The van der Waals surface area contributed by atoms with E-state index in [0.717, 1.165) is 20.9 Å². The molecule has 1 aliphatic heterocycles. The van der Waals surface area contributed by atoms with Gasteiger partial charge >= 0.3 is 10.2 Å². The van der Waals surface area contributed by atoms with Crippen LogP contribution in [0.5, 0.6) is 11.5 Å². The average molecular weight is 602 g/mol. The van der Waals surface area contributed by atoms with Crippen LogP contribution in [0.15, 0.2) is 70.2 Å². The summed E-state index contributed by atoms with van der Waals surface area (Å²) < 4.78 is 64.7. The van der Waals surface area contributed by atoms with Crippen molar-refractivity contribution >= 4 is 42.7 Å². The number of fused-ring (bicyclic) bond motifs is 1. The molecule has 38 heavy (non-hydrogen) atoms. The fourth-order valence-electron chi connectivity index (χ4n) is 4.03. The zero-order valence-electron chi connectivity index (χ0n) is 19.4. The summed E-state index contributed by atoms with van der Waals surface area (Å²) in [4.78, 5) is 17.5. The lowest BCUT2D eigenvalue weighted by Gasteiger charge is -2.18. The molecule has 1 fully saturated rings. The standard InChI is InChI=1S/C25H18BrF2N5O4S/c26-15-1-3-17(4-2-15)33-14-30-22-7-5-18(11-19(22)25(33)34)37-24-20(12-29)23(8-6-21(24)28)31-38(35,36)32-10-9-16(27)13-32/h1-8,11,14,16,31H,9-10,13H2. The summed E-state index contributed by atoms with van der Waals surface area (Å²) >= 11 is 3.35. The number of benzene rings is 3. The number of hydrogen-bond acceptors (Lipinski definition) is 6. The Hall–Kier alpha value is -3.86. The van der Waals surface area contributed by atoms with Gasteiger partial charge in [-0.1, -0.05) is 15.9 Å². The van der Waals surface area contributed by atoms with Crippen LogP contribution in [-0.2, 0) is 10.2 Å². The third kappa shape index (κ3) is 4.98. The topological polar surface area (TPSA) is 117 Å². The van der Waals surface area contributed by atoms with Crippen molar-refractivity contribution in [3.63, 3.8) is 0 Å². The second-order valence-electron chi connectivity index (χ2n) is 8.44. The van der Waals surface area contributed by atoms with Gasteiger partial charge in [-0.05, 0) is 61.0 Å². The maximum absolute atomic E-state index is 14.8. The van der Waals surface area contributed by atoms with Crippen molar-refractivity contribution in [1.82, 2.24) is 13.9 Å². The molecule has 9 nitrogen and oxygen atoms in total. The summed E-state index contributed by atoms with van der Waals surface area (Å²) in [7, 11) is -4.19. The largest absolute Gasteiger partial charge is 0.453 e. The van der Waals surface area contributed by atoms with Gasteiger partial charge in [0.15, 0.2) is 11.6 Å². The number of nitrogens with one attached hydrogen (secondary N) is 1. The summed E-state index contributed by atoms with van der Waals surface area (Å²) in [5.41, 5.74) is -0.0970. The molecule has 1 saturated heterocycles. The molecule has 13 heteroatoms. The highest BCUT2D eigenvalue weighted by Gasteiger charge is 2.32. The highest BCUT2D eigenvalue weighted by molar-refractivity contribution is 9.10. The van der Waals surface area contributed by atoms with Crippen molar-refractivity contribution in [1.29, 1.82) is 5.26 Å². The normalized spacial score (nSPS) is 15.9. The minimum atomic E-state index is -4.19. The Morgan fingerprint density at radius 3 is 2.61 bits per heavy atom. The number of nitrogens with zero attached hydrogens (tertiary/aromatic N) is 4. The molecule has 194 valence electrons. The molecule has 1 N–H and O–H groups in total. The summed E-state index contributed by atoms with van der Waals surface area (Å²) in [6.07, 6.45) is 0.164. The molecule has 1 atom stereocenters. The minimum Gasteiger partial charge on any atom is -0.453 e. The van der Waals surface area contributed by atoms with Gasteiger partial charge in [-0.25, -0.2) is 13.8 Å². The molecular formula is C25H18BrF2N5O4S. The number of alkyl halides is 1. The van der Waals surface area contributed by atoms with Crippen molar-refractivity contribution in [2.45, 2.75) is 12.6 Å². The van der Waals surface area contributed by atoms with E-state index in [1.165, 1.54) is 29.1 Å². The summed E-state index contributed by atoms with van der Waals surface area (Å²) in [5, 5.41) is 9.91. The molecule has 1 aliphatic rings. The Morgan fingerprint density at radius 2 is 1.92 bits per heavy atom. The SMILES string of the molecule is N#Cc1c(NS(=O)(=O)N2CCC(F)C2)ccc(F)c1Oc1ccc2ncn(-c3ccc(Br)cc3)c(=O)c2c1. The van der Waals surface area contributed by atoms with Gasteiger partial charge in [0.05, 0.1) is 22.3 Å². The van der Waals surface area contributed by atoms with Gasteiger partial charge < -0.3 is 4.74 Å². The van der Waals surface area contributed by atoms with E-state index in [1.807, 2.05) is 0 Å². The van der Waals surface area contributed by atoms with Crippen LogP contribution in [0.2, 0.25) is 0 Å². The molecule has 0 spiro atoms. The molecule has 2 heterocycles. The molecule has 0 aliphatic carbocycles. The molecule has 0 amide bonds. The van der Waals surface area contributed by atoms with Crippen LogP contribution in [0.25, 0.3) is 16.6 Å². The van der Waals surface area contributed by atoms with E-state index < -0.39 is 39.1 Å². The Kier molecular flexibility index (Phi) is 6.87. The smallest absolute Gasteiger partial charge is 0.301 e. The van der Waals surface area contributed by atoms with Crippen molar-refractivity contribution in [2.24, 2.45) is 0 Å². The molecule has 0 bridgehead atoms. The Bertz CT molecular complexity index is 1760.